The van der Waals surface area contributed by atoms with Crippen molar-refractivity contribution < 1.29 is 10.4 Å². The molecule has 0 aliphatic rings. The zero-order valence-corrected chi connectivity index (χ0v) is 2.44. The van der Waals surface area contributed by atoms with Crippen LogP contribution in [0.2, 0.25) is 0 Å². The maximum Gasteiger partial charge on any atom is 0.153 e. The standard InChI is InChI=1S/C2H7NO/c1-3-2-4/h4H,1-3H2. The van der Waals surface area contributed by atoms with Gasteiger partial charge in [-0.15, -0.1) is 0 Å². The van der Waals surface area contributed by atoms with Crippen LogP contribution in [0.3, 0.4) is 0 Å². The number of aliphatic hydroxyl groups is 1. The number of hydrogen-bond donors (Lipinski definition) is 2. The topological polar surface area (TPSA) is 36.8 Å². The fourth-order valence-electron chi connectivity index (χ4n) is 0. The van der Waals surface area contributed by atoms with Gasteiger partial charge in [-0.25, -0.2) is 0 Å². The maximum absolute atomic E-state index is 7.76. The lowest BCUT2D eigenvalue weighted by atomic mass is 11.2. The zero-order chi connectivity index (χ0) is 3.41. The van der Waals surface area contributed by atoms with Crippen molar-refractivity contribution in [2.75, 3.05) is 6.73 Å². The van der Waals surface area contributed by atoms with Crippen LogP contribution in [0.15, 0.2) is 0 Å². The Balaban J connectivity index is 1.97. The number of hydrogen-bond acceptors (Lipinski definition) is 1. The van der Waals surface area contributed by atoms with E-state index in [9.17, 15) is 0 Å². The molecule has 0 saturated carbocycles. The van der Waals surface area contributed by atoms with E-state index in [1.54, 1.807) is 0 Å². The summed E-state index contributed by atoms with van der Waals surface area (Å²) in [5.41, 5.74) is 0. The van der Waals surface area contributed by atoms with Crippen LogP contribution < -0.4 is 5.32 Å². The Kier molecular flexibility index (Phi) is 2.86. The Morgan fingerprint density at radius 1 is 2.00 bits per heavy atom. The largest absolute Gasteiger partial charge is 0.456 e. The molecule has 0 atom stereocenters. The summed E-state index contributed by atoms with van der Waals surface area (Å²) in [6.45, 7) is 0.0833. The number of quaternary nitrogens is 1. The first-order valence-corrected chi connectivity index (χ1v) is 1.13. The average Bonchev–Trinajstić information content (AvgIpc) is 1.37. The van der Waals surface area contributed by atoms with Gasteiger partial charge < -0.3 is 10.4 Å². The van der Waals surface area contributed by atoms with Crippen molar-refractivity contribution in [3.05, 3.63) is 7.05 Å². The maximum atomic E-state index is 7.76. The number of rotatable bonds is 1. The van der Waals surface area contributed by atoms with Crippen LogP contribution in [0.5, 0.6) is 0 Å². The smallest absolute Gasteiger partial charge is 0.153 e. The summed E-state index contributed by atoms with van der Waals surface area (Å²) in [5, 5.41) is 9.19. The highest BCUT2D eigenvalue weighted by Crippen LogP contribution is 1.05. The van der Waals surface area contributed by atoms with E-state index < -0.39 is 0 Å². The summed E-state index contributed by atoms with van der Waals surface area (Å²) in [5.74, 6) is 0. The normalized spacial score (nSPS) is 7.50. The zero-order valence-electron chi connectivity index (χ0n) is 2.44. The molecule has 2 heteroatoms. The summed E-state index contributed by atoms with van der Waals surface area (Å²) in [6, 6.07) is 0. The third-order valence-electron chi connectivity index (χ3n) is 0.129. The lowest BCUT2D eigenvalue weighted by Crippen LogP contribution is -2.76. The molecule has 0 aromatic heterocycles. The van der Waals surface area contributed by atoms with E-state index in [0.717, 1.165) is 0 Å². The fourth-order valence-corrected chi connectivity index (χ4v) is 0. The molecule has 0 unspecified atom stereocenters. The van der Waals surface area contributed by atoms with Gasteiger partial charge in [-0.3, -0.25) is 0 Å². The molecule has 2 nitrogen and oxygen atoms in total. The van der Waals surface area contributed by atoms with E-state index >= 15 is 0 Å². The number of nitrogens with two attached hydrogens (primary N) is 1. The van der Waals surface area contributed by atoms with Crippen LogP contribution in [-0.4, -0.2) is 11.8 Å². The van der Waals surface area contributed by atoms with Crippen LogP contribution in [0.25, 0.3) is 0 Å². The van der Waals surface area contributed by atoms with Gasteiger partial charge in [-0.1, -0.05) is 0 Å². The number of aliphatic hydroxyl groups excluding tert-OH is 1. The molecule has 4 heavy (non-hydrogen) atoms. The monoisotopic (exact) mass is 61.1 g/mol. The van der Waals surface area contributed by atoms with E-state index in [4.69, 9.17) is 5.11 Å². The lowest BCUT2D eigenvalue weighted by Gasteiger charge is -1.82. The quantitative estimate of drug-likeness (QED) is 0.275. The van der Waals surface area contributed by atoms with Crippen molar-refractivity contribution in [1.82, 2.24) is 0 Å². The second kappa shape index (κ2) is 2.92. The minimum atomic E-state index is 0.0833. The summed E-state index contributed by atoms with van der Waals surface area (Å²) in [4.78, 5) is 0. The molecule has 3 N–H and O–H groups in total. The highest BCUT2D eigenvalue weighted by molar-refractivity contribution is 3.72. The van der Waals surface area contributed by atoms with Crippen molar-refractivity contribution in [2.45, 2.75) is 0 Å². The molecule has 0 radical (unpaired) electrons. The Morgan fingerprint density at radius 3 is 2.25 bits per heavy atom. The van der Waals surface area contributed by atoms with Gasteiger partial charge in [-0.2, -0.15) is 7.05 Å². The molecule has 0 amide bonds. The summed E-state index contributed by atoms with van der Waals surface area (Å²) >= 11 is 0. The summed E-state index contributed by atoms with van der Waals surface area (Å²) < 4.78 is 0. The second-order valence-corrected chi connectivity index (χ2v) is 0.471. The molecular formula is C2H7NO. The van der Waals surface area contributed by atoms with Crippen molar-refractivity contribution in [1.29, 1.82) is 0 Å². The van der Waals surface area contributed by atoms with Gasteiger partial charge in [-0.05, 0) is 0 Å². The van der Waals surface area contributed by atoms with Gasteiger partial charge in [0.1, 0.15) is 0 Å². The molecule has 0 aliphatic carbocycles. The highest BCUT2D eigenvalue weighted by atomic mass is 16.3. The predicted octanol–water partition coefficient (Wildman–Crippen LogP) is -1.71. The molecule has 0 spiro atoms. The Hall–Kier alpha value is -0.0800. The van der Waals surface area contributed by atoms with E-state index in [2.05, 4.69) is 7.05 Å². The van der Waals surface area contributed by atoms with Gasteiger partial charge in [0.2, 0.25) is 0 Å². The first-order chi connectivity index (χ1) is 1.91. The van der Waals surface area contributed by atoms with Crippen molar-refractivity contribution in [3.8, 4) is 0 Å². The SMILES string of the molecule is [CH2-][NH2+]CO. The van der Waals surface area contributed by atoms with Gasteiger partial charge in [0.05, 0.1) is 0 Å². The first kappa shape index (κ1) is 3.92. The molecule has 0 aromatic rings. The van der Waals surface area contributed by atoms with Crippen LogP contribution in [0, 0.1) is 7.05 Å². The van der Waals surface area contributed by atoms with Crippen molar-refractivity contribution in [3.63, 3.8) is 0 Å². The van der Waals surface area contributed by atoms with Crippen LogP contribution in [0.4, 0.5) is 0 Å². The van der Waals surface area contributed by atoms with E-state index in [1.807, 2.05) is 0 Å². The van der Waals surface area contributed by atoms with Crippen LogP contribution in [0.1, 0.15) is 0 Å². The molecule has 0 fully saturated rings. The van der Waals surface area contributed by atoms with Gasteiger partial charge in [0.25, 0.3) is 0 Å². The molecule has 0 aromatic carbocycles. The minimum Gasteiger partial charge on any atom is -0.456 e. The Labute approximate surface area is 25.4 Å². The third kappa shape index (κ3) is 1.92. The van der Waals surface area contributed by atoms with Crippen molar-refractivity contribution >= 4 is 0 Å². The van der Waals surface area contributed by atoms with E-state index in [1.165, 1.54) is 5.32 Å². The highest BCUT2D eigenvalue weighted by Gasteiger charge is 1.47. The summed E-state index contributed by atoms with van der Waals surface area (Å²) in [7, 11) is 3.23. The Morgan fingerprint density at radius 2 is 2.25 bits per heavy atom. The third-order valence-corrected chi connectivity index (χ3v) is 0.129. The van der Waals surface area contributed by atoms with Crippen molar-refractivity contribution in [2.24, 2.45) is 0 Å². The minimum absolute atomic E-state index is 0.0833. The van der Waals surface area contributed by atoms with E-state index in [-0.39, 0.29) is 6.73 Å². The Bertz CT molecular complexity index is 8.00. The molecule has 0 heterocycles. The molecule has 0 rings (SSSR count). The van der Waals surface area contributed by atoms with Gasteiger partial charge in [0, 0.05) is 0 Å². The van der Waals surface area contributed by atoms with Crippen LogP contribution >= 0.6 is 0 Å². The van der Waals surface area contributed by atoms with Gasteiger partial charge >= 0.3 is 0 Å². The molecule has 0 bridgehead atoms. The molecular weight excluding hydrogens is 54.0 g/mol. The van der Waals surface area contributed by atoms with Gasteiger partial charge in [0.15, 0.2) is 6.73 Å². The summed E-state index contributed by atoms with van der Waals surface area (Å²) in [6.07, 6.45) is 0. The molecule has 0 saturated heterocycles. The van der Waals surface area contributed by atoms with Crippen LogP contribution in [-0.2, 0) is 0 Å². The average molecular weight is 61.1 g/mol. The molecule has 0 aliphatic heterocycles. The first-order valence-electron chi connectivity index (χ1n) is 1.13. The molecule has 26 valence electrons. The van der Waals surface area contributed by atoms with E-state index in [0.29, 0.717) is 0 Å². The fraction of sp³-hybridized carbons (Fsp3) is 0.500. The second-order valence-electron chi connectivity index (χ2n) is 0.471. The lowest BCUT2D eigenvalue weighted by molar-refractivity contribution is -0.629. The predicted molar refractivity (Wildman–Crippen MR) is 14.4 cm³/mol.